The van der Waals surface area contributed by atoms with Gasteiger partial charge < -0.3 is 10.1 Å². The number of fused-ring (bicyclic) bond motifs is 2. The van der Waals surface area contributed by atoms with Crippen LogP contribution < -0.4 is 5.32 Å². The molecule has 2 aliphatic rings. The average molecular weight is 314 g/mol. The molecule has 1 aromatic rings. The first-order valence-electron chi connectivity index (χ1n) is 6.78. The van der Waals surface area contributed by atoms with Crippen molar-refractivity contribution in [2.75, 3.05) is 7.05 Å². The maximum atomic E-state index is 5.99. The first kappa shape index (κ1) is 12.6. The summed E-state index contributed by atoms with van der Waals surface area (Å²) in [4.78, 5) is 0. The number of rotatable bonds is 4. The van der Waals surface area contributed by atoms with Crippen LogP contribution in [-0.2, 0) is 11.3 Å². The van der Waals surface area contributed by atoms with Crippen molar-refractivity contribution in [2.24, 2.45) is 5.92 Å². The van der Waals surface area contributed by atoms with E-state index in [1.807, 2.05) is 13.2 Å². The smallest absolute Gasteiger partial charge is 0.0699 e. The fourth-order valence-electron chi connectivity index (χ4n) is 3.51. The van der Waals surface area contributed by atoms with Crippen LogP contribution >= 0.6 is 15.9 Å². The van der Waals surface area contributed by atoms with E-state index in [-0.39, 0.29) is 0 Å². The van der Waals surface area contributed by atoms with Crippen LogP contribution in [0.25, 0.3) is 0 Å². The second kappa shape index (κ2) is 4.94. The molecule has 100 valence electrons. The first-order chi connectivity index (χ1) is 8.74. The third kappa shape index (κ3) is 1.92. The predicted octanol–water partition coefficient (Wildman–Crippen LogP) is 2.49. The molecule has 18 heavy (non-hydrogen) atoms. The quantitative estimate of drug-likeness (QED) is 0.928. The summed E-state index contributed by atoms with van der Waals surface area (Å²) in [6.45, 7) is 3.04. The molecule has 4 unspecified atom stereocenters. The maximum absolute atomic E-state index is 5.99. The molecule has 2 saturated heterocycles. The van der Waals surface area contributed by atoms with E-state index in [0.717, 1.165) is 11.0 Å². The number of aromatic nitrogens is 2. The van der Waals surface area contributed by atoms with Gasteiger partial charge in [0, 0.05) is 12.5 Å². The SMILES string of the molecule is CCn1ncc(Br)c1C(NC)C1CC2CCC1O2. The van der Waals surface area contributed by atoms with E-state index in [4.69, 9.17) is 4.74 Å². The lowest BCUT2D eigenvalue weighted by molar-refractivity contribution is 0.0855. The molecule has 0 amide bonds. The Bertz CT molecular complexity index is 434. The molecule has 3 heterocycles. The van der Waals surface area contributed by atoms with Gasteiger partial charge in [-0.25, -0.2) is 0 Å². The van der Waals surface area contributed by atoms with Gasteiger partial charge in [0.25, 0.3) is 0 Å². The van der Waals surface area contributed by atoms with Crippen molar-refractivity contribution >= 4 is 15.9 Å². The molecular weight excluding hydrogens is 294 g/mol. The van der Waals surface area contributed by atoms with Gasteiger partial charge in [0.05, 0.1) is 34.6 Å². The molecule has 2 aliphatic heterocycles. The third-order valence-corrected chi connectivity index (χ3v) is 4.93. The minimum atomic E-state index is 0.331. The highest BCUT2D eigenvalue weighted by Gasteiger charge is 2.45. The number of nitrogens with one attached hydrogen (secondary N) is 1. The first-order valence-corrected chi connectivity index (χ1v) is 7.57. The topological polar surface area (TPSA) is 39.1 Å². The fourth-order valence-corrected chi connectivity index (χ4v) is 4.06. The van der Waals surface area contributed by atoms with Crippen LogP contribution in [-0.4, -0.2) is 29.0 Å². The monoisotopic (exact) mass is 313 g/mol. The van der Waals surface area contributed by atoms with Gasteiger partial charge in [-0.3, -0.25) is 4.68 Å². The van der Waals surface area contributed by atoms with Crippen molar-refractivity contribution in [2.45, 2.75) is 51.0 Å². The van der Waals surface area contributed by atoms with Gasteiger partial charge in [-0.15, -0.1) is 0 Å². The largest absolute Gasteiger partial charge is 0.375 e. The number of hydrogen-bond donors (Lipinski definition) is 1. The Kier molecular flexibility index (Phi) is 3.47. The van der Waals surface area contributed by atoms with Crippen LogP contribution in [0, 0.1) is 5.92 Å². The summed E-state index contributed by atoms with van der Waals surface area (Å²) in [5, 5.41) is 7.90. The molecule has 0 aromatic carbocycles. The summed E-state index contributed by atoms with van der Waals surface area (Å²) in [5.74, 6) is 0.576. The minimum Gasteiger partial charge on any atom is -0.375 e. The molecule has 4 nitrogen and oxygen atoms in total. The van der Waals surface area contributed by atoms with Crippen LogP contribution in [0.4, 0.5) is 0 Å². The number of nitrogens with zero attached hydrogens (tertiary/aromatic N) is 2. The van der Waals surface area contributed by atoms with E-state index in [0.29, 0.717) is 24.2 Å². The van der Waals surface area contributed by atoms with Crippen molar-refractivity contribution in [1.82, 2.24) is 15.1 Å². The molecule has 0 spiro atoms. The van der Waals surface area contributed by atoms with E-state index in [1.54, 1.807) is 0 Å². The molecule has 0 radical (unpaired) electrons. The molecule has 1 aromatic heterocycles. The summed E-state index contributed by atoms with van der Waals surface area (Å²) in [5.41, 5.74) is 1.26. The Balaban J connectivity index is 1.90. The molecule has 2 fully saturated rings. The van der Waals surface area contributed by atoms with Gasteiger partial charge in [-0.05, 0) is 49.2 Å². The Morgan fingerprint density at radius 2 is 2.44 bits per heavy atom. The summed E-state index contributed by atoms with van der Waals surface area (Å²) in [6, 6.07) is 0.331. The van der Waals surface area contributed by atoms with Crippen molar-refractivity contribution < 1.29 is 4.74 Å². The van der Waals surface area contributed by atoms with E-state index in [9.17, 15) is 0 Å². The van der Waals surface area contributed by atoms with E-state index in [2.05, 4.69) is 38.0 Å². The van der Waals surface area contributed by atoms with Crippen molar-refractivity contribution in [3.05, 3.63) is 16.4 Å². The van der Waals surface area contributed by atoms with Gasteiger partial charge in [0.1, 0.15) is 0 Å². The van der Waals surface area contributed by atoms with Crippen molar-refractivity contribution in [3.8, 4) is 0 Å². The zero-order chi connectivity index (χ0) is 12.7. The van der Waals surface area contributed by atoms with E-state index >= 15 is 0 Å². The summed E-state index contributed by atoms with van der Waals surface area (Å²) < 4.78 is 9.18. The van der Waals surface area contributed by atoms with Gasteiger partial charge in [-0.1, -0.05) is 0 Å². The number of halogens is 1. The summed E-state index contributed by atoms with van der Waals surface area (Å²) >= 11 is 3.64. The van der Waals surface area contributed by atoms with Crippen LogP contribution in [0.15, 0.2) is 10.7 Å². The molecule has 4 atom stereocenters. The predicted molar refractivity (Wildman–Crippen MR) is 73.4 cm³/mol. The molecular formula is C13H20BrN3O. The van der Waals surface area contributed by atoms with Gasteiger partial charge in [0.2, 0.25) is 0 Å². The van der Waals surface area contributed by atoms with Gasteiger partial charge >= 0.3 is 0 Å². The maximum Gasteiger partial charge on any atom is 0.0699 e. The van der Waals surface area contributed by atoms with Gasteiger partial charge in [0.15, 0.2) is 0 Å². The average Bonchev–Trinajstić information content (AvgIpc) is 3.07. The summed E-state index contributed by atoms with van der Waals surface area (Å²) in [7, 11) is 2.04. The highest BCUT2D eigenvalue weighted by molar-refractivity contribution is 9.10. The second-order valence-corrected chi connectivity index (χ2v) is 6.09. The second-order valence-electron chi connectivity index (χ2n) is 5.23. The normalized spacial score (nSPS) is 32.1. The van der Waals surface area contributed by atoms with Crippen LogP contribution in [0.2, 0.25) is 0 Å². The Morgan fingerprint density at radius 1 is 1.61 bits per heavy atom. The highest BCUT2D eigenvalue weighted by Crippen LogP contribution is 2.45. The van der Waals surface area contributed by atoms with Crippen LogP contribution in [0.3, 0.4) is 0 Å². The Morgan fingerprint density at radius 3 is 3.00 bits per heavy atom. The number of hydrogen-bond acceptors (Lipinski definition) is 3. The lowest BCUT2D eigenvalue weighted by atomic mass is 9.82. The Labute approximate surface area is 116 Å². The van der Waals surface area contributed by atoms with Gasteiger partial charge in [-0.2, -0.15) is 5.10 Å². The van der Waals surface area contributed by atoms with E-state index in [1.165, 1.54) is 25.0 Å². The van der Waals surface area contributed by atoms with Crippen molar-refractivity contribution in [1.29, 1.82) is 0 Å². The van der Waals surface area contributed by atoms with Crippen molar-refractivity contribution in [3.63, 3.8) is 0 Å². The number of aryl methyl sites for hydroxylation is 1. The zero-order valence-electron chi connectivity index (χ0n) is 10.9. The number of ether oxygens (including phenoxy) is 1. The zero-order valence-corrected chi connectivity index (χ0v) is 12.5. The minimum absolute atomic E-state index is 0.331. The molecule has 0 aliphatic carbocycles. The lowest BCUT2D eigenvalue weighted by Crippen LogP contribution is -2.33. The van der Waals surface area contributed by atoms with E-state index < -0.39 is 0 Å². The standard InChI is InChI=1S/C13H20BrN3O/c1-3-17-13(10(14)7-16-17)12(15-2)9-6-8-4-5-11(9)18-8/h7-9,11-12,15H,3-6H2,1-2H3. The molecule has 1 N–H and O–H groups in total. The molecule has 0 saturated carbocycles. The summed E-state index contributed by atoms with van der Waals surface area (Å²) in [6.07, 6.45) is 6.46. The molecule has 5 heteroatoms. The Hall–Kier alpha value is -0.390. The lowest BCUT2D eigenvalue weighted by Gasteiger charge is -2.29. The van der Waals surface area contributed by atoms with Crippen LogP contribution in [0.1, 0.15) is 37.9 Å². The molecule has 3 rings (SSSR count). The van der Waals surface area contributed by atoms with Crippen LogP contribution in [0.5, 0.6) is 0 Å². The third-order valence-electron chi connectivity index (χ3n) is 4.32. The fraction of sp³-hybridized carbons (Fsp3) is 0.769. The molecule has 2 bridgehead atoms. The highest BCUT2D eigenvalue weighted by atomic mass is 79.9.